The number of aliphatic carboxylic acids is 1. The molecule has 1 spiro atoms. The summed E-state index contributed by atoms with van der Waals surface area (Å²) in [4.78, 5) is 45.4. The summed E-state index contributed by atoms with van der Waals surface area (Å²) in [6, 6.07) is 5.95. The SMILES string of the molecule is C=CCN(C(=O)[C@@H]1N([C@@H](CC)CO)C(=O)[C@H]2[C@H](C(=O)O)[C@H]3O[C@@]12CC3Br)c1ccc(N(CC)CC)cc1. The Morgan fingerprint density at radius 3 is 2.38 bits per heavy atom. The number of fused-ring (bicyclic) bond motifs is 1. The molecule has 3 aliphatic rings. The van der Waals surface area contributed by atoms with Crippen LogP contribution in [0, 0.1) is 11.8 Å². The fraction of sp³-hybridized carbons (Fsp3) is 0.593. The highest BCUT2D eigenvalue weighted by Gasteiger charge is 2.77. The highest BCUT2D eigenvalue weighted by Crippen LogP contribution is 2.60. The maximum atomic E-state index is 14.4. The first-order valence-corrected chi connectivity index (χ1v) is 13.9. The highest BCUT2D eigenvalue weighted by molar-refractivity contribution is 9.09. The Morgan fingerprint density at radius 2 is 1.86 bits per heavy atom. The van der Waals surface area contributed by atoms with Crippen molar-refractivity contribution >= 4 is 45.1 Å². The maximum Gasteiger partial charge on any atom is 0.310 e. The molecule has 3 heterocycles. The van der Waals surface area contributed by atoms with E-state index in [9.17, 15) is 24.6 Å². The van der Waals surface area contributed by atoms with Crippen molar-refractivity contribution in [2.45, 2.75) is 62.2 Å². The number of carbonyl (C=O) groups is 3. The molecule has 2 bridgehead atoms. The minimum Gasteiger partial charge on any atom is -0.481 e. The number of aliphatic hydroxyl groups excluding tert-OH is 1. The second kappa shape index (κ2) is 10.7. The van der Waals surface area contributed by atoms with Crippen molar-refractivity contribution < 1.29 is 29.3 Å². The summed E-state index contributed by atoms with van der Waals surface area (Å²) in [5, 5.41) is 20.2. The van der Waals surface area contributed by atoms with Crippen molar-refractivity contribution in [1.29, 1.82) is 0 Å². The zero-order valence-electron chi connectivity index (χ0n) is 21.5. The van der Waals surface area contributed by atoms with Gasteiger partial charge < -0.3 is 29.6 Å². The van der Waals surface area contributed by atoms with Crippen LogP contribution in [0.15, 0.2) is 36.9 Å². The van der Waals surface area contributed by atoms with Crippen molar-refractivity contribution in [2.24, 2.45) is 11.8 Å². The number of nitrogens with zero attached hydrogens (tertiary/aromatic N) is 3. The molecule has 10 heteroatoms. The molecule has 7 atom stereocenters. The van der Waals surface area contributed by atoms with Gasteiger partial charge in [-0.15, -0.1) is 6.58 Å². The van der Waals surface area contributed by atoms with E-state index in [-0.39, 0.29) is 23.9 Å². The number of hydrogen-bond donors (Lipinski definition) is 2. The third-order valence-electron chi connectivity index (χ3n) is 8.19. The predicted molar refractivity (Wildman–Crippen MR) is 144 cm³/mol. The maximum absolute atomic E-state index is 14.4. The fourth-order valence-electron chi connectivity index (χ4n) is 6.47. The van der Waals surface area contributed by atoms with Gasteiger partial charge in [-0.3, -0.25) is 14.4 Å². The summed E-state index contributed by atoms with van der Waals surface area (Å²) in [6.07, 6.45) is 1.65. The first-order valence-electron chi connectivity index (χ1n) is 13.0. The van der Waals surface area contributed by atoms with Crippen molar-refractivity contribution in [1.82, 2.24) is 4.90 Å². The molecule has 3 saturated heterocycles. The second-order valence-electron chi connectivity index (χ2n) is 9.92. The molecular formula is C27H36BrN3O6. The van der Waals surface area contributed by atoms with Gasteiger partial charge in [0.2, 0.25) is 5.91 Å². The van der Waals surface area contributed by atoms with Gasteiger partial charge in [-0.25, -0.2) is 0 Å². The molecule has 9 nitrogen and oxygen atoms in total. The number of alkyl halides is 1. The van der Waals surface area contributed by atoms with E-state index in [1.807, 2.05) is 31.2 Å². The van der Waals surface area contributed by atoms with Crippen LogP contribution in [0.2, 0.25) is 0 Å². The number of hydrogen-bond acceptors (Lipinski definition) is 6. The van der Waals surface area contributed by atoms with E-state index in [4.69, 9.17) is 4.74 Å². The minimum atomic E-state index is -1.29. The van der Waals surface area contributed by atoms with Gasteiger partial charge in [0.1, 0.15) is 11.6 Å². The number of rotatable bonds is 11. The van der Waals surface area contributed by atoms with E-state index < -0.39 is 47.5 Å². The van der Waals surface area contributed by atoms with E-state index in [2.05, 4.69) is 41.3 Å². The second-order valence-corrected chi connectivity index (χ2v) is 11.1. The molecule has 0 aromatic heterocycles. The molecule has 202 valence electrons. The molecule has 3 aliphatic heterocycles. The van der Waals surface area contributed by atoms with E-state index in [1.54, 1.807) is 11.0 Å². The fourth-order valence-corrected chi connectivity index (χ4v) is 7.41. The number of carboxylic acids is 1. The zero-order valence-corrected chi connectivity index (χ0v) is 23.1. The number of carboxylic acid groups (broad SMARTS) is 1. The van der Waals surface area contributed by atoms with Crippen LogP contribution in [0.25, 0.3) is 0 Å². The number of benzene rings is 1. The largest absolute Gasteiger partial charge is 0.481 e. The number of ether oxygens (including phenoxy) is 1. The molecule has 0 radical (unpaired) electrons. The first-order chi connectivity index (χ1) is 17.7. The van der Waals surface area contributed by atoms with Crippen LogP contribution in [-0.4, -0.2) is 87.8 Å². The van der Waals surface area contributed by atoms with Crippen LogP contribution < -0.4 is 9.80 Å². The third kappa shape index (κ3) is 4.27. The van der Waals surface area contributed by atoms with Gasteiger partial charge in [0, 0.05) is 35.8 Å². The Kier molecular flexibility index (Phi) is 8.02. The monoisotopic (exact) mass is 577 g/mol. The predicted octanol–water partition coefficient (Wildman–Crippen LogP) is 2.66. The Bertz CT molecular complexity index is 1040. The molecule has 1 aromatic carbocycles. The molecule has 4 rings (SSSR count). The Labute approximate surface area is 226 Å². The van der Waals surface area contributed by atoms with E-state index in [0.717, 1.165) is 18.8 Å². The first kappa shape index (κ1) is 27.6. The summed E-state index contributed by atoms with van der Waals surface area (Å²) < 4.78 is 6.34. The van der Waals surface area contributed by atoms with Gasteiger partial charge >= 0.3 is 5.97 Å². The van der Waals surface area contributed by atoms with Gasteiger partial charge in [0.25, 0.3) is 5.91 Å². The van der Waals surface area contributed by atoms with Gasteiger partial charge in [0.15, 0.2) is 0 Å². The lowest BCUT2D eigenvalue weighted by Crippen LogP contribution is -2.59. The molecule has 2 amide bonds. The number of aliphatic hydroxyl groups is 1. The van der Waals surface area contributed by atoms with E-state index in [0.29, 0.717) is 18.5 Å². The third-order valence-corrected chi connectivity index (χ3v) is 9.03. The zero-order chi connectivity index (χ0) is 27.1. The molecule has 1 unspecified atom stereocenters. The van der Waals surface area contributed by atoms with Crippen molar-refractivity contribution in [3.05, 3.63) is 36.9 Å². The van der Waals surface area contributed by atoms with Crippen LogP contribution in [-0.2, 0) is 19.1 Å². The molecule has 0 saturated carbocycles. The van der Waals surface area contributed by atoms with Gasteiger partial charge in [-0.05, 0) is 51.0 Å². The van der Waals surface area contributed by atoms with Gasteiger partial charge in [0.05, 0.1) is 30.6 Å². The molecule has 1 aromatic rings. The lowest BCUT2D eigenvalue weighted by Gasteiger charge is -2.39. The smallest absolute Gasteiger partial charge is 0.310 e. The van der Waals surface area contributed by atoms with Crippen LogP contribution >= 0.6 is 15.9 Å². The van der Waals surface area contributed by atoms with Crippen LogP contribution in [0.4, 0.5) is 11.4 Å². The summed E-state index contributed by atoms with van der Waals surface area (Å²) in [7, 11) is 0. The normalized spacial score (nSPS) is 30.8. The lowest BCUT2D eigenvalue weighted by molar-refractivity contribution is -0.150. The average Bonchev–Trinajstić information content (AvgIpc) is 3.48. The number of anilines is 2. The van der Waals surface area contributed by atoms with Crippen molar-refractivity contribution in [3.8, 4) is 0 Å². The Balaban J connectivity index is 1.79. The molecule has 3 fully saturated rings. The van der Waals surface area contributed by atoms with Crippen LogP contribution in [0.5, 0.6) is 0 Å². The van der Waals surface area contributed by atoms with Crippen molar-refractivity contribution in [3.63, 3.8) is 0 Å². The van der Waals surface area contributed by atoms with Gasteiger partial charge in [-0.1, -0.05) is 28.9 Å². The molecule has 2 N–H and O–H groups in total. The lowest BCUT2D eigenvalue weighted by atomic mass is 9.70. The Hall–Kier alpha value is -2.43. The number of amides is 2. The summed E-state index contributed by atoms with van der Waals surface area (Å²) >= 11 is 3.56. The quantitative estimate of drug-likeness (QED) is 0.307. The van der Waals surface area contributed by atoms with Crippen LogP contribution in [0.1, 0.15) is 33.6 Å². The summed E-state index contributed by atoms with van der Waals surface area (Å²) in [5.74, 6) is -3.99. The Morgan fingerprint density at radius 1 is 1.24 bits per heavy atom. The minimum absolute atomic E-state index is 0.197. The summed E-state index contributed by atoms with van der Waals surface area (Å²) in [6.45, 7) is 11.4. The average molecular weight is 579 g/mol. The van der Waals surface area contributed by atoms with Gasteiger partial charge in [-0.2, -0.15) is 0 Å². The standard InChI is InChI=1S/C27H36BrN3O6/c1-5-13-30(18-11-9-17(10-12-18)29(7-3)8-4)25(34)23-27-14-19(28)22(37-27)20(26(35)36)21(27)24(33)31(23)16(6-2)15-32/h5,9-12,16,19-23,32H,1,6-8,13-15H2,2-4H3,(H,35,36)/t16-,19?,20-,21+,22-,23-,27+/m0/s1. The molecule has 37 heavy (non-hydrogen) atoms. The molecular weight excluding hydrogens is 542 g/mol. The van der Waals surface area contributed by atoms with E-state index in [1.165, 1.54) is 4.90 Å². The molecule has 0 aliphatic carbocycles. The van der Waals surface area contributed by atoms with Crippen molar-refractivity contribution in [2.75, 3.05) is 36.0 Å². The highest BCUT2D eigenvalue weighted by atomic mass is 79.9. The number of likely N-dealkylation sites (tertiary alicyclic amines) is 1. The van der Waals surface area contributed by atoms with E-state index >= 15 is 0 Å². The summed E-state index contributed by atoms with van der Waals surface area (Å²) in [5.41, 5.74) is 0.383. The topological polar surface area (TPSA) is 111 Å². The number of carbonyl (C=O) groups excluding carboxylic acids is 2. The van der Waals surface area contributed by atoms with Crippen LogP contribution in [0.3, 0.4) is 0 Å². The number of halogens is 1.